The molecule has 0 radical (unpaired) electrons. The molecule has 0 aromatic heterocycles. The highest BCUT2D eigenvalue weighted by Crippen LogP contribution is 2.32. The van der Waals surface area contributed by atoms with E-state index in [0.29, 0.717) is 0 Å². The van der Waals surface area contributed by atoms with Crippen molar-refractivity contribution >= 4 is 22.7 Å². The van der Waals surface area contributed by atoms with Crippen LogP contribution in [0.1, 0.15) is 169 Å². The summed E-state index contributed by atoms with van der Waals surface area (Å²) in [6.45, 7) is 20.8. The van der Waals surface area contributed by atoms with E-state index in [1.165, 1.54) is 149 Å². The van der Waals surface area contributed by atoms with E-state index in [1.807, 2.05) is 0 Å². The Morgan fingerprint density at radius 1 is 0.310 bits per heavy atom. The molecule has 4 aromatic rings. The fraction of sp³-hybridized carbons (Fsp3) is 0.571. The Kier molecular flexibility index (Phi) is 25.0. The van der Waals surface area contributed by atoms with Gasteiger partial charge in [-0.1, -0.05) is 205 Å². The largest absolute Gasteiger partial charge is 0.341 e. The van der Waals surface area contributed by atoms with Gasteiger partial charge in [0.1, 0.15) is 0 Å². The van der Waals surface area contributed by atoms with Gasteiger partial charge in [0.25, 0.3) is 0 Å². The van der Waals surface area contributed by atoms with Gasteiger partial charge in [0.05, 0.1) is 0 Å². The predicted octanol–water partition coefficient (Wildman–Crippen LogP) is 17.6. The highest BCUT2D eigenvalue weighted by atomic mass is 15.1. The number of nitrogens with zero attached hydrogens (tertiary/aromatic N) is 2. The van der Waals surface area contributed by atoms with Crippen molar-refractivity contribution in [1.82, 2.24) is 0 Å². The van der Waals surface area contributed by atoms with Gasteiger partial charge in [-0.25, -0.2) is 0 Å². The van der Waals surface area contributed by atoms with Crippen molar-refractivity contribution in [2.24, 2.45) is 23.7 Å². The van der Waals surface area contributed by atoms with Crippen molar-refractivity contribution in [3.05, 3.63) is 120 Å². The molecule has 2 heteroatoms. The van der Waals surface area contributed by atoms with E-state index in [9.17, 15) is 0 Å². The minimum atomic E-state index is 0.816. The van der Waals surface area contributed by atoms with Crippen LogP contribution < -0.4 is 9.80 Å². The summed E-state index contributed by atoms with van der Waals surface area (Å²) in [6.07, 6.45) is 23.6. The monoisotopic (exact) mass is 787 g/mol. The number of hydrogen-bond donors (Lipinski definition) is 0. The normalized spacial score (nSPS) is 11.4. The van der Waals surface area contributed by atoms with Crippen LogP contribution in [0.25, 0.3) is 0 Å². The van der Waals surface area contributed by atoms with Crippen LogP contribution in [0.5, 0.6) is 0 Å². The highest BCUT2D eigenvalue weighted by Gasteiger charge is 2.15. The van der Waals surface area contributed by atoms with Crippen molar-refractivity contribution in [2.45, 2.75) is 171 Å². The number of anilines is 4. The van der Waals surface area contributed by atoms with Gasteiger partial charge in [0, 0.05) is 35.8 Å². The summed E-state index contributed by atoms with van der Waals surface area (Å²) >= 11 is 0. The lowest BCUT2D eigenvalue weighted by molar-refractivity contribution is 0.526. The summed E-state index contributed by atoms with van der Waals surface area (Å²) in [4.78, 5) is 5.11. The van der Waals surface area contributed by atoms with E-state index in [0.717, 1.165) is 36.8 Å². The number of para-hydroxylation sites is 4. The Morgan fingerprint density at radius 2 is 0.603 bits per heavy atom. The van der Waals surface area contributed by atoms with E-state index >= 15 is 0 Å². The molecule has 0 heterocycles. The van der Waals surface area contributed by atoms with Crippen molar-refractivity contribution in [2.75, 3.05) is 22.9 Å². The van der Waals surface area contributed by atoms with Gasteiger partial charge in [0.2, 0.25) is 0 Å². The third kappa shape index (κ3) is 20.4. The molecule has 2 nitrogen and oxygen atoms in total. The van der Waals surface area contributed by atoms with Gasteiger partial charge in [0.15, 0.2) is 0 Å². The molecular formula is C56H86N2. The minimum Gasteiger partial charge on any atom is -0.341 e. The summed E-state index contributed by atoms with van der Waals surface area (Å²) in [5, 5.41) is 0. The second-order valence-corrected chi connectivity index (χ2v) is 18.7. The van der Waals surface area contributed by atoms with Gasteiger partial charge in [-0.05, 0) is 110 Å². The Labute approximate surface area is 359 Å². The maximum atomic E-state index is 2.55. The number of benzene rings is 4. The van der Waals surface area contributed by atoms with Crippen LogP contribution >= 0.6 is 0 Å². The summed E-state index contributed by atoms with van der Waals surface area (Å²) in [7, 11) is 0. The zero-order chi connectivity index (χ0) is 41.8. The van der Waals surface area contributed by atoms with Crippen LogP contribution in [-0.4, -0.2) is 13.1 Å². The van der Waals surface area contributed by atoms with Gasteiger partial charge in [-0.15, -0.1) is 0 Å². The molecule has 0 saturated carbocycles. The van der Waals surface area contributed by atoms with Gasteiger partial charge >= 0.3 is 0 Å². The third-order valence-corrected chi connectivity index (χ3v) is 11.5. The lowest BCUT2D eigenvalue weighted by Crippen LogP contribution is -2.20. The van der Waals surface area contributed by atoms with Gasteiger partial charge in [-0.3, -0.25) is 0 Å². The van der Waals surface area contributed by atoms with Crippen molar-refractivity contribution in [1.29, 1.82) is 0 Å². The third-order valence-electron chi connectivity index (χ3n) is 11.5. The molecule has 0 spiro atoms. The molecule has 0 bridgehead atoms. The van der Waals surface area contributed by atoms with Crippen molar-refractivity contribution < 1.29 is 0 Å². The first-order valence-electron chi connectivity index (χ1n) is 24.0. The smallest absolute Gasteiger partial charge is 0.0443 e. The Bertz CT molecular complexity index is 1440. The molecule has 0 unspecified atom stereocenters. The zero-order valence-electron chi connectivity index (χ0n) is 38.7. The molecule has 320 valence electrons. The molecule has 0 amide bonds. The Balaban J connectivity index is 0.000000310. The molecule has 0 aliphatic rings. The summed E-state index contributed by atoms with van der Waals surface area (Å²) in [6, 6.07) is 40.1. The standard InChI is InChI=1S/2C28H43N/c2*1-24(2)16-8-5-10-18-26-19-13-14-22-28(26)29(27-20-11-6-12-21-27)23-15-7-9-17-25(3)4/h2*6,11-14,19-22,24-25H,5,7-10,15-18,23H2,1-4H3. The molecule has 4 rings (SSSR count). The van der Waals surface area contributed by atoms with E-state index in [2.05, 4.69) is 174 Å². The maximum Gasteiger partial charge on any atom is 0.0443 e. The fourth-order valence-corrected chi connectivity index (χ4v) is 8.05. The van der Waals surface area contributed by atoms with Crippen LogP contribution in [0.3, 0.4) is 0 Å². The lowest BCUT2D eigenvalue weighted by Gasteiger charge is -2.27. The molecule has 4 aromatic carbocycles. The molecule has 58 heavy (non-hydrogen) atoms. The molecule has 0 aliphatic carbocycles. The van der Waals surface area contributed by atoms with Crippen LogP contribution in [0, 0.1) is 23.7 Å². The summed E-state index contributed by atoms with van der Waals surface area (Å²) in [5.74, 6) is 3.28. The number of rotatable bonds is 28. The Hall–Kier alpha value is -3.52. The number of unbranched alkanes of at least 4 members (excludes halogenated alkanes) is 8. The summed E-state index contributed by atoms with van der Waals surface area (Å²) < 4.78 is 0. The quantitative estimate of drug-likeness (QED) is 0.0529. The molecular weight excluding hydrogens is 701 g/mol. The molecule has 0 N–H and O–H groups in total. The van der Waals surface area contributed by atoms with Crippen molar-refractivity contribution in [3.63, 3.8) is 0 Å². The fourth-order valence-electron chi connectivity index (χ4n) is 8.05. The van der Waals surface area contributed by atoms with Crippen LogP contribution in [0.15, 0.2) is 109 Å². The van der Waals surface area contributed by atoms with Crippen LogP contribution in [0.4, 0.5) is 22.7 Å². The van der Waals surface area contributed by atoms with Crippen LogP contribution in [0.2, 0.25) is 0 Å². The Morgan fingerprint density at radius 3 is 0.931 bits per heavy atom. The second-order valence-electron chi connectivity index (χ2n) is 18.7. The van der Waals surface area contributed by atoms with E-state index in [4.69, 9.17) is 0 Å². The minimum absolute atomic E-state index is 0.816. The SMILES string of the molecule is CC(C)CCCCCc1ccccc1N(CCCCCC(C)C)c1ccccc1.CC(C)CCCCCc1ccccc1N(CCCCCC(C)C)c1ccccc1. The lowest BCUT2D eigenvalue weighted by atomic mass is 10.0. The first-order valence-corrected chi connectivity index (χ1v) is 24.0. The summed E-state index contributed by atoms with van der Waals surface area (Å²) in [5.41, 5.74) is 8.47. The van der Waals surface area contributed by atoms with Crippen LogP contribution in [-0.2, 0) is 12.8 Å². The average Bonchev–Trinajstić information content (AvgIpc) is 3.21. The first-order chi connectivity index (χ1) is 28.2. The number of hydrogen-bond acceptors (Lipinski definition) is 2. The van der Waals surface area contributed by atoms with E-state index in [-0.39, 0.29) is 0 Å². The van der Waals surface area contributed by atoms with Crippen molar-refractivity contribution in [3.8, 4) is 0 Å². The van der Waals surface area contributed by atoms with Gasteiger partial charge < -0.3 is 9.80 Å². The van der Waals surface area contributed by atoms with Gasteiger partial charge in [-0.2, -0.15) is 0 Å². The molecule has 0 atom stereocenters. The number of aryl methyl sites for hydroxylation is 2. The molecule has 0 fully saturated rings. The molecule has 0 aliphatic heterocycles. The average molecular weight is 787 g/mol. The first kappa shape index (κ1) is 48.8. The topological polar surface area (TPSA) is 6.48 Å². The molecule has 0 saturated heterocycles. The van der Waals surface area contributed by atoms with E-state index < -0.39 is 0 Å². The highest BCUT2D eigenvalue weighted by molar-refractivity contribution is 5.67. The predicted molar refractivity (Wildman–Crippen MR) is 260 cm³/mol. The van der Waals surface area contributed by atoms with E-state index in [1.54, 1.807) is 0 Å². The second kappa shape index (κ2) is 29.7. The maximum absolute atomic E-state index is 2.55. The zero-order valence-corrected chi connectivity index (χ0v) is 38.7.